The fourth-order valence-corrected chi connectivity index (χ4v) is 2.30. The predicted molar refractivity (Wildman–Crippen MR) is 91.4 cm³/mol. The van der Waals surface area contributed by atoms with Crippen molar-refractivity contribution in [3.8, 4) is 0 Å². The summed E-state index contributed by atoms with van der Waals surface area (Å²) in [5.74, 6) is -2.32. The molecule has 0 bridgehead atoms. The summed E-state index contributed by atoms with van der Waals surface area (Å²) >= 11 is 0. The number of hydrogen-bond acceptors (Lipinski definition) is 3. The Morgan fingerprint density at radius 2 is 1.77 bits per heavy atom. The molecule has 0 aliphatic heterocycles. The Morgan fingerprint density at radius 1 is 0.962 bits per heavy atom. The molecule has 26 heavy (non-hydrogen) atoms. The second-order valence-corrected chi connectivity index (χ2v) is 5.49. The standard InChI is InChI=1S/C19H14F3N3O/c20-14-5-6-18(17(22)8-14)25-15-7-13(9-23-11-15)19(26)24-10-12-3-1-2-4-16(12)21/h1-9,11,25H,10H2,(H,24,26). The molecule has 0 saturated heterocycles. The maximum atomic E-state index is 13.7. The molecule has 7 heteroatoms. The summed E-state index contributed by atoms with van der Waals surface area (Å²) in [5, 5.41) is 5.33. The van der Waals surface area contributed by atoms with Crippen LogP contribution in [0.1, 0.15) is 15.9 Å². The van der Waals surface area contributed by atoms with E-state index in [4.69, 9.17) is 0 Å². The van der Waals surface area contributed by atoms with Gasteiger partial charge >= 0.3 is 0 Å². The number of halogens is 3. The Morgan fingerprint density at radius 3 is 2.54 bits per heavy atom. The van der Waals surface area contributed by atoms with Crippen LogP contribution in [0.25, 0.3) is 0 Å². The number of amides is 1. The Labute approximate surface area is 147 Å². The molecule has 2 aromatic carbocycles. The summed E-state index contributed by atoms with van der Waals surface area (Å²) in [7, 11) is 0. The molecule has 0 aliphatic carbocycles. The van der Waals surface area contributed by atoms with E-state index in [0.717, 1.165) is 12.1 Å². The molecule has 0 unspecified atom stereocenters. The smallest absolute Gasteiger partial charge is 0.253 e. The van der Waals surface area contributed by atoms with Gasteiger partial charge in [-0.25, -0.2) is 13.2 Å². The number of nitrogens with zero attached hydrogens (tertiary/aromatic N) is 1. The van der Waals surface area contributed by atoms with E-state index in [2.05, 4.69) is 15.6 Å². The average Bonchev–Trinajstić information content (AvgIpc) is 2.63. The minimum Gasteiger partial charge on any atom is -0.352 e. The zero-order chi connectivity index (χ0) is 18.5. The first-order valence-corrected chi connectivity index (χ1v) is 7.71. The van der Waals surface area contributed by atoms with Crippen LogP contribution in [0.2, 0.25) is 0 Å². The van der Waals surface area contributed by atoms with Crippen molar-refractivity contribution >= 4 is 17.3 Å². The van der Waals surface area contributed by atoms with Crippen LogP contribution in [0.4, 0.5) is 24.5 Å². The Bertz CT molecular complexity index is 947. The first-order valence-electron chi connectivity index (χ1n) is 7.71. The molecule has 1 amide bonds. The molecule has 1 aromatic heterocycles. The minimum atomic E-state index is -0.764. The summed E-state index contributed by atoms with van der Waals surface area (Å²) in [6, 6.07) is 10.7. The number of pyridine rings is 1. The molecule has 0 saturated carbocycles. The fraction of sp³-hybridized carbons (Fsp3) is 0.0526. The van der Waals surface area contributed by atoms with E-state index in [9.17, 15) is 18.0 Å². The van der Waals surface area contributed by atoms with Gasteiger partial charge in [0.15, 0.2) is 0 Å². The number of carbonyl (C=O) groups excluding carboxylic acids is 1. The van der Waals surface area contributed by atoms with E-state index in [1.54, 1.807) is 18.2 Å². The van der Waals surface area contributed by atoms with Gasteiger partial charge in [-0.3, -0.25) is 9.78 Å². The van der Waals surface area contributed by atoms with Crippen LogP contribution in [-0.2, 0) is 6.54 Å². The summed E-state index contributed by atoms with van der Waals surface area (Å²) in [6.45, 7) is 0.0236. The lowest BCUT2D eigenvalue weighted by atomic mass is 10.2. The Hall–Kier alpha value is -3.35. The predicted octanol–water partition coefficient (Wildman–Crippen LogP) is 4.17. The number of nitrogens with one attached hydrogen (secondary N) is 2. The summed E-state index contributed by atoms with van der Waals surface area (Å²) in [5.41, 5.74) is 0.983. The number of benzene rings is 2. The van der Waals surface area contributed by atoms with Crippen molar-refractivity contribution in [2.24, 2.45) is 0 Å². The Balaban J connectivity index is 1.70. The molecule has 3 rings (SSSR count). The van der Waals surface area contributed by atoms with Gasteiger partial charge in [0.2, 0.25) is 0 Å². The molecule has 132 valence electrons. The lowest BCUT2D eigenvalue weighted by Crippen LogP contribution is -2.23. The van der Waals surface area contributed by atoms with Gasteiger partial charge in [0.05, 0.1) is 23.1 Å². The summed E-state index contributed by atoms with van der Waals surface area (Å²) in [6.07, 6.45) is 2.74. The van der Waals surface area contributed by atoms with Crippen molar-refractivity contribution in [1.82, 2.24) is 10.3 Å². The first-order chi connectivity index (χ1) is 12.5. The summed E-state index contributed by atoms with van der Waals surface area (Å²) in [4.78, 5) is 16.1. The van der Waals surface area contributed by atoms with Gasteiger partial charge in [0.25, 0.3) is 5.91 Å². The number of rotatable bonds is 5. The van der Waals surface area contributed by atoms with Crippen LogP contribution in [0, 0.1) is 17.5 Å². The molecular weight excluding hydrogens is 343 g/mol. The first kappa shape index (κ1) is 17.5. The molecular formula is C19H14F3N3O. The van der Waals surface area contributed by atoms with Gasteiger partial charge in [-0.15, -0.1) is 0 Å². The minimum absolute atomic E-state index is 0.0236. The van der Waals surface area contributed by atoms with Crippen molar-refractivity contribution in [3.05, 3.63) is 89.5 Å². The molecule has 1 heterocycles. The lowest BCUT2D eigenvalue weighted by Gasteiger charge is -2.10. The molecule has 0 fully saturated rings. The molecule has 0 aliphatic rings. The van der Waals surface area contributed by atoms with Crippen LogP contribution in [0.5, 0.6) is 0 Å². The second kappa shape index (κ2) is 7.69. The zero-order valence-electron chi connectivity index (χ0n) is 13.5. The topological polar surface area (TPSA) is 54.0 Å². The van der Waals surface area contributed by atoms with Gasteiger partial charge < -0.3 is 10.6 Å². The highest BCUT2D eigenvalue weighted by Crippen LogP contribution is 2.20. The number of aromatic nitrogens is 1. The van der Waals surface area contributed by atoms with Crippen LogP contribution in [0.15, 0.2) is 60.9 Å². The molecule has 0 atom stereocenters. The van der Waals surface area contributed by atoms with Crippen molar-refractivity contribution in [3.63, 3.8) is 0 Å². The molecule has 0 spiro atoms. The van der Waals surface area contributed by atoms with E-state index in [1.165, 1.54) is 30.6 Å². The van der Waals surface area contributed by atoms with Gasteiger partial charge in [-0.05, 0) is 24.3 Å². The highest BCUT2D eigenvalue weighted by Gasteiger charge is 2.10. The molecule has 3 aromatic rings. The molecule has 2 N–H and O–H groups in total. The normalized spacial score (nSPS) is 10.4. The maximum absolute atomic E-state index is 13.7. The zero-order valence-corrected chi connectivity index (χ0v) is 13.5. The average molecular weight is 357 g/mol. The van der Waals surface area contributed by atoms with Crippen molar-refractivity contribution in [1.29, 1.82) is 0 Å². The van der Waals surface area contributed by atoms with Gasteiger partial charge in [-0.2, -0.15) is 0 Å². The largest absolute Gasteiger partial charge is 0.352 e. The lowest BCUT2D eigenvalue weighted by molar-refractivity contribution is 0.0950. The monoisotopic (exact) mass is 357 g/mol. The SMILES string of the molecule is O=C(NCc1ccccc1F)c1cncc(Nc2ccc(F)cc2F)c1. The third kappa shape index (κ3) is 4.18. The van der Waals surface area contributed by atoms with E-state index in [0.29, 0.717) is 11.3 Å². The second-order valence-electron chi connectivity index (χ2n) is 5.49. The summed E-state index contributed by atoms with van der Waals surface area (Å²) < 4.78 is 40.2. The Kier molecular flexibility index (Phi) is 5.17. The molecule has 0 radical (unpaired) electrons. The van der Waals surface area contributed by atoms with Crippen molar-refractivity contribution in [2.75, 3.05) is 5.32 Å². The van der Waals surface area contributed by atoms with E-state index in [-0.39, 0.29) is 17.8 Å². The van der Waals surface area contributed by atoms with Gasteiger partial charge in [0, 0.05) is 24.4 Å². The van der Waals surface area contributed by atoms with E-state index >= 15 is 0 Å². The van der Waals surface area contributed by atoms with Crippen LogP contribution >= 0.6 is 0 Å². The quantitative estimate of drug-likeness (QED) is 0.721. The van der Waals surface area contributed by atoms with Gasteiger partial charge in [0.1, 0.15) is 17.5 Å². The highest BCUT2D eigenvalue weighted by atomic mass is 19.1. The fourth-order valence-electron chi connectivity index (χ4n) is 2.30. The van der Waals surface area contributed by atoms with Crippen LogP contribution < -0.4 is 10.6 Å². The third-order valence-electron chi connectivity index (χ3n) is 3.61. The van der Waals surface area contributed by atoms with Crippen LogP contribution in [-0.4, -0.2) is 10.9 Å². The third-order valence-corrected chi connectivity index (χ3v) is 3.61. The highest BCUT2D eigenvalue weighted by molar-refractivity contribution is 5.94. The van der Waals surface area contributed by atoms with E-state index in [1.807, 2.05) is 0 Å². The number of carbonyl (C=O) groups is 1. The maximum Gasteiger partial charge on any atom is 0.253 e. The number of hydrogen-bond donors (Lipinski definition) is 2. The van der Waals surface area contributed by atoms with Crippen LogP contribution in [0.3, 0.4) is 0 Å². The van der Waals surface area contributed by atoms with Crippen molar-refractivity contribution in [2.45, 2.75) is 6.54 Å². The number of anilines is 2. The van der Waals surface area contributed by atoms with Gasteiger partial charge in [-0.1, -0.05) is 18.2 Å². The van der Waals surface area contributed by atoms with Crippen molar-refractivity contribution < 1.29 is 18.0 Å². The van der Waals surface area contributed by atoms with E-state index < -0.39 is 23.4 Å². The molecule has 4 nitrogen and oxygen atoms in total.